The number of para-hydroxylation sites is 2. The molecule has 0 unspecified atom stereocenters. The van der Waals surface area contributed by atoms with E-state index >= 15 is 0 Å². The first-order valence-corrected chi connectivity index (χ1v) is 6.41. The highest BCUT2D eigenvalue weighted by atomic mass is 16.3. The lowest BCUT2D eigenvalue weighted by molar-refractivity contribution is -0.428. The topological polar surface area (TPSA) is 60.8 Å². The van der Waals surface area contributed by atoms with E-state index in [0.29, 0.717) is 12.2 Å². The van der Waals surface area contributed by atoms with Gasteiger partial charge in [0.15, 0.2) is 7.05 Å². The van der Waals surface area contributed by atoms with Gasteiger partial charge in [0.1, 0.15) is 0 Å². The molecular weight excluding hydrogens is 252 g/mol. The number of nitroso groups, excluding NO2 is 1. The van der Waals surface area contributed by atoms with Crippen LogP contribution in [0, 0.1) is 4.91 Å². The third kappa shape index (κ3) is 2.51. The molecule has 20 heavy (non-hydrogen) atoms. The molecule has 0 amide bonds. The third-order valence-corrected chi connectivity index (χ3v) is 3.12. The van der Waals surface area contributed by atoms with Gasteiger partial charge in [-0.15, -0.1) is 0 Å². The summed E-state index contributed by atoms with van der Waals surface area (Å²) in [6.45, 7) is 0.613. The Bertz CT molecular complexity index is 730. The first kappa shape index (κ1) is 12.3. The second kappa shape index (κ2) is 5.13. The summed E-state index contributed by atoms with van der Waals surface area (Å²) in [5.74, 6) is 0.729. The summed E-state index contributed by atoms with van der Waals surface area (Å²) in [6.07, 6.45) is 0. The molecule has 1 heterocycles. The summed E-state index contributed by atoms with van der Waals surface area (Å²) >= 11 is 0. The van der Waals surface area contributed by atoms with Crippen molar-refractivity contribution in [2.45, 2.75) is 6.54 Å². The molecule has 5 nitrogen and oxygen atoms in total. The molecule has 0 radical (unpaired) electrons. The van der Waals surface area contributed by atoms with Crippen molar-refractivity contribution in [3.63, 3.8) is 0 Å². The minimum Gasteiger partial charge on any atom is -0.352 e. The van der Waals surface area contributed by atoms with E-state index in [-0.39, 0.29) is 0 Å². The van der Waals surface area contributed by atoms with Crippen molar-refractivity contribution in [1.29, 1.82) is 0 Å². The van der Waals surface area contributed by atoms with Gasteiger partial charge >= 0.3 is 0 Å². The van der Waals surface area contributed by atoms with E-state index in [2.05, 4.69) is 15.3 Å². The molecule has 5 heteroatoms. The zero-order chi connectivity index (χ0) is 13.9. The number of aromatic amines is 1. The zero-order valence-corrected chi connectivity index (χ0v) is 11.1. The fourth-order valence-electron chi connectivity index (χ4n) is 2.08. The lowest BCUT2D eigenvalue weighted by atomic mass is 10.2. The zero-order valence-electron chi connectivity index (χ0n) is 11.1. The van der Waals surface area contributed by atoms with Crippen LogP contribution in [-0.4, -0.2) is 21.8 Å². The molecule has 0 aliphatic carbocycles. The predicted octanol–water partition coefficient (Wildman–Crippen LogP) is 3.22. The molecule has 0 saturated heterocycles. The number of nitrogens with zero attached hydrogens (tertiary/aromatic N) is 2. The van der Waals surface area contributed by atoms with Crippen LogP contribution in [0.2, 0.25) is 0 Å². The number of rotatable bonds is 4. The van der Waals surface area contributed by atoms with Crippen LogP contribution < -0.4 is 5.32 Å². The van der Waals surface area contributed by atoms with Gasteiger partial charge in [0.05, 0.1) is 11.0 Å². The van der Waals surface area contributed by atoms with Crippen molar-refractivity contribution < 1.29 is 4.76 Å². The Labute approximate surface area is 116 Å². The van der Waals surface area contributed by atoms with E-state index in [1.165, 1.54) is 7.05 Å². The van der Waals surface area contributed by atoms with Crippen LogP contribution in [0.1, 0.15) is 5.56 Å². The Morgan fingerprint density at radius 2 is 2.05 bits per heavy atom. The van der Waals surface area contributed by atoms with Crippen molar-refractivity contribution in [3.8, 4) is 0 Å². The Morgan fingerprint density at radius 1 is 1.20 bits per heavy atom. The van der Waals surface area contributed by atoms with Crippen molar-refractivity contribution in [2.75, 3.05) is 12.4 Å². The second-order valence-corrected chi connectivity index (χ2v) is 4.62. The van der Waals surface area contributed by atoms with Gasteiger partial charge in [-0.25, -0.2) is 4.98 Å². The number of aromatic nitrogens is 2. The largest absolute Gasteiger partial charge is 0.352 e. The van der Waals surface area contributed by atoms with Gasteiger partial charge in [-0.3, -0.25) is 0 Å². The number of hydrogen-bond acceptors (Lipinski definition) is 3. The van der Waals surface area contributed by atoms with Crippen molar-refractivity contribution in [2.24, 2.45) is 0 Å². The summed E-state index contributed by atoms with van der Waals surface area (Å²) in [7, 11) is 1.49. The van der Waals surface area contributed by atoms with E-state index in [0.717, 1.165) is 27.3 Å². The number of hydrogen-bond donors (Lipinski definition) is 2. The quantitative estimate of drug-likeness (QED) is 0.713. The molecule has 3 rings (SSSR count). The Morgan fingerprint density at radius 3 is 2.85 bits per heavy atom. The number of benzene rings is 2. The van der Waals surface area contributed by atoms with Gasteiger partial charge in [-0.1, -0.05) is 24.3 Å². The molecule has 0 bridgehead atoms. The monoisotopic (exact) mass is 267 g/mol. The molecule has 0 fully saturated rings. The van der Waals surface area contributed by atoms with Crippen LogP contribution in [0.15, 0.2) is 48.5 Å². The molecular formula is C15H15N4O+. The fourth-order valence-corrected chi connectivity index (χ4v) is 2.08. The van der Waals surface area contributed by atoms with Gasteiger partial charge in [0.25, 0.3) is 5.69 Å². The number of anilines is 1. The highest BCUT2D eigenvalue weighted by Gasteiger charge is 2.07. The summed E-state index contributed by atoms with van der Waals surface area (Å²) in [5.41, 5.74) is 3.62. The molecule has 0 saturated carbocycles. The predicted molar refractivity (Wildman–Crippen MR) is 79.1 cm³/mol. The van der Waals surface area contributed by atoms with Crippen LogP contribution >= 0.6 is 0 Å². The van der Waals surface area contributed by atoms with Crippen LogP contribution in [-0.2, 0) is 6.54 Å². The Kier molecular flexibility index (Phi) is 3.16. The second-order valence-electron chi connectivity index (χ2n) is 4.62. The van der Waals surface area contributed by atoms with Crippen molar-refractivity contribution in [3.05, 3.63) is 59.0 Å². The SMILES string of the molecule is C[N+](=O)c1cccc(CNc2nc3ccccc3[nH]2)c1. The van der Waals surface area contributed by atoms with E-state index in [1.807, 2.05) is 42.5 Å². The van der Waals surface area contributed by atoms with Crippen molar-refractivity contribution >= 4 is 22.7 Å². The molecule has 3 aromatic rings. The summed E-state index contributed by atoms with van der Waals surface area (Å²) in [5, 5.41) is 3.23. The highest BCUT2D eigenvalue weighted by molar-refractivity contribution is 5.77. The maximum absolute atomic E-state index is 11.3. The summed E-state index contributed by atoms with van der Waals surface area (Å²) in [4.78, 5) is 18.9. The van der Waals surface area contributed by atoms with Crippen LogP contribution in [0.4, 0.5) is 11.6 Å². The standard InChI is InChI=1S/C15H15N4O/c1-19(20)12-6-4-5-11(9-12)10-16-15-17-13-7-2-3-8-14(13)18-15/h2-9H,10H2,1H3,(H2,16,17,18)/q+1. The summed E-state index contributed by atoms with van der Waals surface area (Å²) < 4.78 is 0.852. The lowest BCUT2D eigenvalue weighted by Gasteiger charge is -2.02. The minimum atomic E-state index is 0.613. The fraction of sp³-hybridized carbons (Fsp3) is 0.133. The Hall–Kier alpha value is -2.69. The summed E-state index contributed by atoms with van der Waals surface area (Å²) in [6, 6.07) is 15.4. The van der Waals surface area contributed by atoms with Gasteiger partial charge in [0, 0.05) is 28.3 Å². The maximum Gasteiger partial charge on any atom is 0.255 e. The first-order valence-electron chi connectivity index (χ1n) is 6.41. The van der Waals surface area contributed by atoms with E-state index in [1.54, 1.807) is 6.07 Å². The Balaban J connectivity index is 1.75. The molecule has 2 aromatic carbocycles. The molecule has 0 aliphatic rings. The molecule has 0 aliphatic heterocycles. The third-order valence-electron chi connectivity index (χ3n) is 3.12. The van der Waals surface area contributed by atoms with Crippen molar-refractivity contribution in [1.82, 2.24) is 9.97 Å². The normalized spacial score (nSPS) is 10.7. The molecule has 2 N–H and O–H groups in total. The smallest absolute Gasteiger partial charge is 0.255 e. The molecule has 100 valence electrons. The van der Waals surface area contributed by atoms with E-state index in [4.69, 9.17) is 0 Å². The molecule has 0 atom stereocenters. The van der Waals surface area contributed by atoms with Gasteiger partial charge in [0.2, 0.25) is 5.95 Å². The highest BCUT2D eigenvalue weighted by Crippen LogP contribution is 2.16. The average Bonchev–Trinajstić information content (AvgIpc) is 2.88. The van der Waals surface area contributed by atoms with E-state index < -0.39 is 0 Å². The number of imidazole rings is 1. The van der Waals surface area contributed by atoms with Gasteiger partial charge < -0.3 is 10.3 Å². The lowest BCUT2D eigenvalue weighted by Crippen LogP contribution is -2.01. The van der Waals surface area contributed by atoms with Crippen LogP contribution in [0.5, 0.6) is 0 Å². The molecule has 1 aromatic heterocycles. The maximum atomic E-state index is 11.3. The number of nitrogens with one attached hydrogen (secondary N) is 2. The van der Waals surface area contributed by atoms with Crippen LogP contribution in [0.25, 0.3) is 11.0 Å². The minimum absolute atomic E-state index is 0.613. The molecule has 0 spiro atoms. The number of fused-ring (bicyclic) bond motifs is 1. The van der Waals surface area contributed by atoms with Gasteiger partial charge in [-0.2, -0.15) is 0 Å². The average molecular weight is 267 g/mol. The van der Waals surface area contributed by atoms with Crippen LogP contribution in [0.3, 0.4) is 0 Å². The number of H-pyrrole nitrogens is 1. The van der Waals surface area contributed by atoms with Gasteiger partial charge in [-0.05, 0) is 17.7 Å². The van der Waals surface area contributed by atoms with E-state index in [9.17, 15) is 4.91 Å². The first-order chi connectivity index (χ1) is 9.72.